The van der Waals surface area contributed by atoms with Gasteiger partial charge < -0.3 is 10.4 Å². The maximum atomic E-state index is 11.1. The highest BCUT2D eigenvalue weighted by Gasteiger charge is 2.22. The smallest absolute Gasteiger partial charge is 0.224 e. The molecule has 1 rings (SSSR count). The summed E-state index contributed by atoms with van der Waals surface area (Å²) >= 11 is 0. The summed E-state index contributed by atoms with van der Waals surface area (Å²) < 4.78 is 0. The number of nitrogens with zero attached hydrogens (tertiary/aromatic N) is 2. The third-order valence-corrected chi connectivity index (χ3v) is 2.15. The van der Waals surface area contributed by atoms with Crippen molar-refractivity contribution in [3.8, 4) is 0 Å². The van der Waals surface area contributed by atoms with Crippen LogP contribution >= 0.6 is 0 Å². The van der Waals surface area contributed by atoms with Gasteiger partial charge in [-0.15, -0.1) is 0 Å². The Morgan fingerprint density at radius 1 is 1.42 bits per heavy atom. The minimum Gasteiger partial charge on any atom is -0.593 e. The van der Waals surface area contributed by atoms with Gasteiger partial charge in [-0.1, -0.05) is 13.8 Å². The number of hydrogen-bond donors (Lipinski definition) is 1. The standard InChI is InChI=1S/C8H14N2O2/c1-5(2)8-6(3)7(4)9(11)10(8)12/h5,12H,1-4H3. The van der Waals surface area contributed by atoms with E-state index in [9.17, 15) is 10.4 Å². The van der Waals surface area contributed by atoms with E-state index >= 15 is 0 Å². The first-order chi connectivity index (χ1) is 5.46. The molecule has 0 saturated carbocycles. The van der Waals surface area contributed by atoms with Crippen molar-refractivity contribution in [3.63, 3.8) is 0 Å². The average molecular weight is 170 g/mol. The topological polar surface area (TPSA) is 52.1 Å². The van der Waals surface area contributed by atoms with Gasteiger partial charge in [0.1, 0.15) is 5.69 Å². The first-order valence-electron chi connectivity index (χ1n) is 3.97. The van der Waals surface area contributed by atoms with Gasteiger partial charge in [0.2, 0.25) is 5.69 Å². The zero-order valence-corrected chi connectivity index (χ0v) is 7.83. The molecule has 1 aromatic heterocycles. The molecule has 1 heterocycles. The van der Waals surface area contributed by atoms with Gasteiger partial charge in [-0.25, -0.2) is 0 Å². The van der Waals surface area contributed by atoms with Crippen molar-refractivity contribution in [2.24, 2.45) is 0 Å². The Hall–Kier alpha value is -1.19. The molecule has 0 unspecified atom stereocenters. The second-order valence-electron chi connectivity index (χ2n) is 3.31. The fourth-order valence-electron chi connectivity index (χ4n) is 1.38. The Morgan fingerprint density at radius 3 is 2.08 bits per heavy atom. The summed E-state index contributed by atoms with van der Waals surface area (Å²) in [5, 5.41) is 20.5. The molecule has 1 aromatic rings. The van der Waals surface area contributed by atoms with Crippen molar-refractivity contribution < 1.29 is 10.1 Å². The lowest BCUT2D eigenvalue weighted by Crippen LogP contribution is -2.39. The molecule has 1 N–H and O–H groups in total. The van der Waals surface area contributed by atoms with Gasteiger partial charge in [0, 0.05) is 23.3 Å². The van der Waals surface area contributed by atoms with Crippen LogP contribution in [0.1, 0.15) is 36.7 Å². The zero-order chi connectivity index (χ0) is 9.46. The Balaban J connectivity index is 3.38. The average Bonchev–Trinajstić information content (AvgIpc) is 2.16. The predicted octanol–water partition coefficient (Wildman–Crippen LogP) is 1.10. The summed E-state index contributed by atoms with van der Waals surface area (Å²) in [7, 11) is 0. The van der Waals surface area contributed by atoms with E-state index in [1.807, 2.05) is 20.8 Å². The highest BCUT2D eigenvalue weighted by atomic mass is 16.6. The second kappa shape index (κ2) is 2.69. The molecule has 0 amide bonds. The molecule has 0 radical (unpaired) electrons. The van der Waals surface area contributed by atoms with E-state index in [0.717, 1.165) is 5.56 Å². The number of rotatable bonds is 1. The van der Waals surface area contributed by atoms with Crippen molar-refractivity contribution >= 4 is 0 Å². The minimum atomic E-state index is 0.156. The van der Waals surface area contributed by atoms with Gasteiger partial charge >= 0.3 is 0 Å². The van der Waals surface area contributed by atoms with Crippen LogP contribution in [0.3, 0.4) is 0 Å². The van der Waals surface area contributed by atoms with E-state index in [1.165, 1.54) is 0 Å². The van der Waals surface area contributed by atoms with Crippen LogP contribution in [-0.2, 0) is 0 Å². The quantitative estimate of drug-likeness (QED) is 0.390. The summed E-state index contributed by atoms with van der Waals surface area (Å²) in [6.45, 7) is 7.41. The van der Waals surface area contributed by atoms with E-state index in [-0.39, 0.29) is 5.92 Å². The van der Waals surface area contributed by atoms with Gasteiger partial charge in [0.25, 0.3) is 0 Å². The maximum Gasteiger partial charge on any atom is 0.224 e. The van der Waals surface area contributed by atoms with Crippen molar-refractivity contribution in [1.82, 2.24) is 4.85 Å². The van der Waals surface area contributed by atoms with Crippen molar-refractivity contribution in [2.45, 2.75) is 33.6 Å². The zero-order valence-electron chi connectivity index (χ0n) is 7.83. The molecule has 0 aromatic carbocycles. The lowest BCUT2D eigenvalue weighted by Gasteiger charge is -2.02. The second-order valence-corrected chi connectivity index (χ2v) is 3.31. The largest absolute Gasteiger partial charge is 0.593 e. The van der Waals surface area contributed by atoms with Gasteiger partial charge in [-0.2, -0.15) is 0 Å². The number of aromatic nitrogens is 2. The molecule has 4 heteroatoms. The molecule has 0 atom stereocenters. The van der Waals surface area contributed by atoms with Crippen LogP contribution in [0.4, 0.5) is 0 Å². The molecule has 0 spiro atoms. The van der Waals surface area contributed by atoms with Crippen LogP contribution in [0.2, 0.25) is 0 Å². The molecule has 0 aliphatic rings. The summed E-state index contributed by atoms with van der Waals surface area (Å²) in [6.07, 6.45) is 0. The minimum absolute atomic E-state index is 0.156. The van der Waals surface area contributed by atoms with Crippen molar-refractivity contribution in [3.05, 3.63) is 22.2 Å². The molecular weight excluding hydrogens is 156 g/mol. The van der Waals surface area contributed by atoms with E-state index in [4.69, 9.17) is 0 Å². The Bertz CT molecular complexity index is 277. The normalized spacial score (nSPS) is 11.1. The lowest BCUT2D eigenvalue weighted by atomic mass is 10.1. The van der Waals surface area contributed by atoms with E-state index in [0.29, 0.717) is 21.1 Å². The fourth-order valence-corrected chi connectivity index (χ4v) is 1.38. The third-order valence-electron chi connectivity index (χ3n) is 2.15. The summed E-state index contributed by atoms with van der Waals surface area (Å²) in [5.74, 6) is 0.156. The molecule has 4 nitrogen and oxygen atoms in total. The number of hydrogen-bond acceptors (Lipinski definition) is 2. The maximum absolute atomic E-state index is 11.1. The molecule has 0 fully saturated rings. The molecule has 0 aliphatic carbocycles. The van der Waals surface area contributed by atoms with Crippen LogP contribution in [0.5, 0.6) is 0 Å². The Labute approximate surface area is 71.6 Å². The highest BCUT2D eigenvalue weighted by molar-refractivity contribution is 5.22. The Kier molecular flexibility index (Phi) is 2.00. The van der Waals surface area contributed by atoms with Gasteiger partial charge in [-0.05, 0) is 11.8 Å². The van der Waals surface area contributed by atoms with Gasteiger partial charge in [0.05, 0.1) is 0 Å². The van der Waals surface area contributed by atoms with E-state index in [2.05, 4.69) is 0 Å². The van der Waals surface area contributed by atoms with Crippen molar-refractivity contribution in [1.29, 1.82) is 0 Å². The fraction of sp³-hybridized carbons (Fsp3) is 0.625. The summed E-state index contributed by atoms with van der Waals surface area (Å²) in [4.78, 5) is 1.18. The molecule has 0 bridgehead atoms. The van der Waals surface area contributed by atoms with Crippen LogP contribution in [-0.4, -0.2) is 10.1 Å². The molecule has 0 aliphatic heterocycles. The van der Waals surface area contributed by atoms with Crippen LogP contribution in [0, 0.1) is 19.1 Å². The van der Waals surface area contributed by atoms with Crippen molar-refractivity contribution in [2.75, 3.05) is 0 Å². The molecular formula is C8H14N2O2. The van der Waals surface area contributed by atoms with Crippen LogP contribution < -0.4 is 4.85 Å². The van der Waals surface area contributed by atoms with E-state index < -0.39 is 0 Å². The monoisotopic (exact) mass is 170 g/mol. The molecule has 0 saturated heterocycles. The Morgan fingerprint density at radius 2 is 1.92 bits per heavy atom. The first kappa shape index (κ1) is 8.90. The van der Waals surface area contributed by atoms with Crippen LogP contribution in [0.25, 0.3) is 0 Å². The highest BCUT2D eigenvalue weighted by Crippen LogP contribution is 2.18. The van der Waals surface area contributed by atoms with Gasteiger partial charge in [-0.3, -0.25) is 0 Å². The molecule has 68 valence electrons. The van der Waals surface area contributed by atoms with E-state index in [1.54, 1.807) is 6.92 Å². The summed E-state index contributed by atoms with van der Waals surface area (Å²) in [6, 6.07) is 0. The summed E-state index contributed by atoms with van der Waals surface area (Å²) in [5.41, 5.74) is 2.10. The first-order valence-corrected chi connectivity index (χ1v) is 3.97. The lowest BCUT2D eigenvalue weighted by molar-refractivity contribution is -0.731. The van der Waals surface area contributed by atoms with Crippen LogP contribution in [0.15, 0.2) is 0 Å². The third kappa shape index (κ3) is 1.03. The molecule has 12 heavy (non-hydrogen) atoms. The van der Waals surface area contributed by atoms with Gasteiger partial charge in [0.15, 0.2) is 0 Å². The predicted molar refractivity (Wildman–Crippen MR) is 44.1 cm³/mol. The SMILES string of the molecule is Cc1c(C(C)C)n(O)[n+]([O-])c1C.